The number of pyridine rings is 1. The van der Waals surface area contributed by atoms with E-state index in [9.17, 15) is 4.39 Å². The average Bonchev–Trinajstić information content (AvgIpc) is 1.85. The van der Waals surface area contributed by atoms with Crippen LogP contribution in [0.3, 0.4) is 0 Å². The molecule has 1 rings (SSSR count). The summed E-state index contributed by atoms with van der Waals surface area (Å²) in [6, 6.07) is 2.52. The van der Waals surface area contributed by atoms with Crippen LogP contribution in [0.15, 0.2) is 12.1 Å². The molecule has 0 radical (unpaired) electrons. The van der Waals surface area contributed by atoms with Crippen LogP contribution in [0.5, 0.6) is 0 Å². The standard InChI is InChI=1S/C6H7FN2O/c7-6-2-4(8)1-5(3-10)9-6/h1-2,10H,3H2,(H2,8,9). The molecule has 0 aliphatic carbocycles. The minimum Gasteiger partial charge on any atom is -0.399 e. The molecule has 0 spiro atoms. The lowest BCUT2D eigenvalue weighted by atomic mass is 10.3. The predicted octanol–water partition coefficient (Wildman–Crippen LogP) is 0.295. The summed E-state index contributed by atoms with van der Waals surface area (Å²) >= 11 is 0. The highest BCUT2D eigenvalue weighted by molar-refractivity contribution is 5.37. The topological polar surface area (TPSA) is 59.1 Å². The highest BCUT2D eigenvalue weighted by Crippen LogP contribution is 2.05. The number of nitrogens with zero attached hydrogens (tertiary/aromatic N) is 1. The molecule has 4 heteroatoms. The van der Waals surface area contributed by atoms with Gasteiger partial charge < -0.3 is 10.8 Å². The molecule has 0 atom stereocenters. The maximum Gasteiger partial charge on any atom is 0.215 e. The van der Waals surface area contributed by atoms with Gasteiger partial charge in [0.05, 0.1) is 12.3 Å². The second kappa shape index (κ2) is 2.62. The van der Waals surface area contributed by atoms with Gasteiger partial charge in [0, 0.05) is 11.8 Å². The monoisotopic (exact) mass is 142 g/mol. The summed E-state index contributed by atoms with van der Waals surface area (Å²) in [6.45, 7) is -0.290. The summed E-state index contributed by atoms with van der Waals surface area (Å²) in [5.41, 5.74) is 5.77. The summed E-state index contributed by atoms with van der Waals surface area (Å²) in [7, 11) is 0. The van der Waals surface area contributed by atoms with Crippen molar-refractivity contribution in [1.82, 2.24) is 4.98 Å². The van der Waals surface area contributed by atoms with Crippen molar-refractivity contribution in [1.29, 1.82) is 0 Å². The Labute approximate surface area is 57.3 Å². The minimum atomic E-state index is -0.663. The number of aliphatic hydroxyl groups excluding tert-OH is 1. The van der Waals surface area contributed by atoms with Crippen LogP contribution >= 0.6 is 0 Å². The number of rotatable bonds is 1. The van der Waals surface area contributed by atoms with E-state index in [2.05, 4.69) is 4.98 Å². The van der Waals surface area contributed by atoms with Crippen molar-refractivity contribution in [3.05, 3.63) is 23.8 Å². The lowest BCUT2D eigenvalue weighted by Crippen LogP contribution is -1.95. The van der Waals surface area contributed by atoms with Gasteiger partial charge in [0.2, 0.25) is 5.95 Å². The van der Waals surface area contributed by atoms with Gasteiger partial charge in [-0.2, -0.15) is 4.39 Å². The molecule has 0 bridgehead atoms. The summed E-state index contributed by atoms with van der Waals surface area (Å²) in [4.78, 5) is 3.36. The number of nitrogen functional groups attached to an aromatic ring is 1. The molecule has 0 fully saturated rings. The van der Waals surface area contributed by atoms with Gasteiger partial charge in [0.25, 0.3) is 0 Å². The molecule has 54 valence electrons. The van der Waals surface area contributed by atoms with Crippen LogP contribution in [0.25, 0.3) is 0 Å². The summed E-state index contributed by atoms with van der Waals surface area (Å²) in [5, 5.41) is 8.50. The number of aromatic nitrogens is 1. The molecular formula is C6H7FN2O. The first-order chi connectivity index (χ1) is 4.72. The number of anilines is 1. The van der Waals surface area contributed by atoms with Crippen molar-refractivity contribution in [3.8, 4) is 0 Å². The normalized spacial score (nSPS) is 9.80. The maximum absolute atomic E-state index is 12.3. The van der Waals surface area contributed by atoms with Crippen LogP contribution in [0.1, 0.15) is 5.69 Å². The van der Waals surface area contributed by atoms with Gasteiger partial charge in [0.1, 0.15) is 0 Å². The molecule has 0 aromatic carbocycles. The van der Waals surface area contributed by atoms with E-state index in [4.69, 9.17) is 10.8 Å². The molecule has 0 unspecified atom stereocenters. The molecule has 1 heterocycles. The number of hydrogen-bond donors (Lipinski definition) is 2. The van der Waals surface area contributed by atoms with Crippen molar-refractivity contribution in [2.24, 2.45) is 0 Å². The van der Waals surface area contributed by atoms with Gasteiger partial charge in [0.15, 0.2) is 0 Å². The molecule has 1 aromatic rings. The summed E-state index contributed by atoms with van der Waals surface area (Å²) < 4.78 is 12.3. The summed E-state index contributed by atoms with van der Waals surface area (Å²) in [5.74, 6) is -0.663. The molecular weight excluding hydrogens is 135 g/mol. The van der Waals surface area contributed by atoms with E-state index in [1.165, 1.54) is 6.07 Å². The van der Waals surface area contributed by atoms with Crippen LogP contribution in [-0.2, 0) is 6.61 Å². The third-order valence-corrected chi connectivity index (χ3v) is 1.03. The van der Waals surface area contributed by atoms with Gasteiger partial charge in [-0.1, -0.05) is 0 Å². The number of aliphatic hydroxyl groups is 1. The molecule has 0 saturated carbocycles. The number of halogens is 1. The second-order valence-electron chi connectivity index (χ2n) is 1.87. The van der Waals surface area contributed by atoms with Gasteiger partial charge in [-0.3, -0.25) is 0 Å². The van der Waals surface area contributed by atoms with Crippen LogP contribution in [-0.4, -0.2) is 10.1 Å². The first-order valence-corrected chi connectivity index (χ1v) is 2.75. The largest absolute Gasteiger partial charge is 0.399 e. The Bertz CT molecular complexity index is 219. The van der Waals surface area contributed by atoms with Gasteiger partial charge >= 0.3 is 0 Å². The van der Waals surface area contributed by atoms with Crippen LogP contribution < -0.4 is 5.73 Å². The summed E-state index contributed by atoms with van der Waals surface area (Å²) in [6.07, 6.45) is 0. The van der Waals surface area contributed by atoms with E-state index in [-0.39, 0.29) is 18.0 Å². The fourth-order valence-electron chi connectivity index (χ4n) is 0.654. The van der Waals surface area contributed by atoms with Gasteiger partial charge in [-0.15, -0.1) is 0 Å². The van der Waals surface area contributed by atoms with Crippen LogP contribution in [0.4, 0.5) is 10.1 Å². The minimum absolute atomic E-state index is 0.248. The SMILES string of the molecule is Nc1cc(F)nc(CO)c1. The number of nitrogens with two attached hydrogens (primary N) is 1. The first-order valence-electron chi connectivity index (χ1n) is 2.75. The molecule has 0 aliphatic heterocycles. The van der Waals surface area contributed by atoms with E-state index in [1.54, 1.807) is 0 Å². The first kappa shape index (κ1) is 6.95. The highest BCUT2D eigenvalue weighted by atomic mass is 19.1. The van der Waals surface area contributed by atoms with Crippen molar-refractivity contribution < 1.29 is 9.50 Å². The zero-order chi connectivity index (χ0) is 7.56. The third-order valence-electron chi connectivity index (χ3n) is 1.03. The van der Waals surface area contributed by atoms with E-state index < -0.39 is 5.95 Å². The fourth-order valence-corrected chi connectivity index (χ4v) is 0.654. The average molecular weight is 142 g/mol. The van der Waals surface area contributed by atoms with Crippen LogP contribution in [0, 0.1) is 5.95 Å². The van der Waals surface area contributed by atoms with E-state index in [0.29, 0.717) is 0 Å². The Hall–Kier alpha value is -1.16. The number of hydrogen-bond acceptors (Lipinski definition) is 3. The molecule has 0 aliphatic rings. The molecule has 0 saturated heterocycles. The third kappa shape index (κ3) is 1.41. The van der Waals surface area contributed by atoms with E-state index in [1.807, 2.05) is 0 Å². The maximum atomic E-state index is 12.3. The van der Waals surface area contributed by atoms with Gasteiger partial charge in [-0.25, -0.2) is 4.98 Å². The van der Waals surface area contributed by atoms with Gasteiger partial charge in [-0.05, 0) is 6.07 Å². The zero-order valence-corrected chi connectivity index (χ0v) is 5.21. The lowest BCUT2D eigenvalue weighted by molar-refractivity contribution is 0.275. The quantitative estimate of drug-likeness (QED) is 0.554. The van der Waals surface area contributed by atoms with E-state index >= 15 is 0 Å². The lowest BCUT2D eigenvalue weighted by Gasteiger charge is -1.96. The molecule has 1 aromatic heterocycles. The molecule has 10 heavy (non-hydrogen) atoms. The Morgan fingerprint density at radius 2 is 2.30 bits per heavy atom. The Morgan fingerprint density at radius 3 is 2.80 bits per heavy atom. The van der Waals surface area contributed by atoms with Crippen molar-refractivity contribution in [2.45, 2.75) is 6.61 Å². The molecule has 3 N–H and O–H groups in total. The van der Waals surface area contributed by atoms with Crippen LogP contribution in [0.2, 0.25) is 0 Å². The molecule has 3 nitrogen and oxygen atoms in total. The zero-order valence-electron chi connectivity index (χ0n) is 5.21. The Morgan fingerprint density at radius 1 is 1.60 bits per heavy atom. The Balaban J connectivity index is 3.06. The second-order valence-corrected chi connectivity index (χ2v) is 1.87. The molecule has 0 amide bonds. The fraction of sp³-hybridized carbons (Fsp3) is 0.167. The van der Waals surface area contributed by atoms with Crippen molar-refractivity contribution >= 4 is 5.69 Å². The van der Waals surface area contributed by atoms with Crippen molar-refractivity contribution in [3.63, 3.8) is 0 Å². The van der Waals surface area contributed by atoms with E-state index in [0.717, 1.165) is 6.07 Å². The predicted molar refractivity (Wildman–Crippen MR) is 34.5 cm³/mol. The Kier molecular flexibility index (Phi) is 1.82. The smallest absolute Gasteiger partial charge is 0.215 e. The van der Waals surface area contributed by atoms with Crippen molar-refractivity contribution in [2.75, 3.05) is 5.73 Å². The highest BCUT2D eigenvalue weighted by Gasteiger charge is 1.96.